The molecule has 8 heteroatoms. The van der Waals surface area contributed by atoms with Gasteiger partial charge in [-0.3, -0.25) is 9.97 Å². The van der Waals surface area contributed by atoms with Crippen molar-refractivity contribution in [3.05, 3.63) is 170 Å². The number of hydrogen-bond acceptors (Lipinski definition) is 4. The zero-order chi connectivity index (χ0) is 41.2. The number of pyridine rings is 2. The van der Waals surface area contributed by atoms with Gasteiger partial charge in [-0.25, -0.2) is 0 Å². The number of para-hydroxylation sites is 4. The Morgan fingerprint density at radius 3 is 1.37 bits per heavy atom. The molecular weight excluding hydrogens is 802 g/mol. The van der Waals surface area contributed by atoms with Crippen LogP contribution in [0.5, 0.6) is 0 Å². The van der Waals surface area contributed by atoms with Gasteiger partial charge >= 0.3 is 0 Å². The minimum absolute atomic E-state index is 0.0758. The van der Waals surface area contributed by atoms with Gasteiger partial charge in [-0.2, -0.15) is 0 Å². The van der Waals surface area contributed by atoms with Crippen molar-refractivity contribution >= 4 is 113 Å². The van der Waals surface area contributed by atoms with Gasteiger partial charge in [-0.05, 0) is 116 Å². The fourth-order valence-electron chi connectivity index (χ4n) is 12.0. The van der Waals surface area contributed by atoms with Gasteiger partial charge < -0.3 is 9.13 Å². The van der Waals surface area contributed by atoms with Crippen LogP contribution in [-0.2, 0) is 0 Å². The second-order valence-electron chi connectivity index (χ2n) is 17.8. The molecule has 0 saturated heterocycles. The molecule has 0 radical (unpaired) electrons. The molecule has 0 fully saturated rings. The average Bonchev–Trinajstić information content (AvgIpc) is 3.87. The lowest BCUT2D eigenvalue weighted by atomic mass is 9.32. The van der Waals surface area contributed by atoms with Gasteiger partial charge in [0.15, 0.2) is 0 Å². The van der Waals surface area contributed by atoms with E-state index in [0.717, 1.165) is 0 Å². The zero-order valence-electron chi connectivity index (χ0n) is 34.4. The van der Waals surface area contributed by atoms with E-state index in [-0.39, 0.29) is 13.4 Å². The Bertz CT molecular complexity index is 3610. The van der Waals surface area contributed by atoms with Gasteiger partial charge in [0.05, 0.1) is 22.1 Å². The first-order valence-electron chi connectivity index (χ1n) is 21.9. The predicted molar refractivity (Wildman–Crippen MR) is 266 cm³/mol. The van der Waals surface area contributed by atoms with E-state index in [0.29, 0.717) is 5.92 Å². The van der Waals surface area contributed by atoms with Gasteiger partial charge in [-0.15, -0.1) is 0 Å². The van der Waals surface area contributed by atoms with Crippen LogP contribution in [0.1, 0.15) is 25.3 Å². The topological polar surface area (TPSA) is 35.6 Å². The molecule has 4 aliphatic heterocycles. The van der Waals surface area contributed by atoms with Crippen LogP contribution in [0, 0.1) is 0 Å². The molecule has 292 valence electrons. The number of fused-ring (bicyclic) bond motifs is 16. The summed E-state index contributed by atoms with van der Waals surface area (Å²) in [4.78, 5) is 14.4. The number of hydrogen-bond donors (Lipinski definition) is 0. The molecule has 0 saturated carbocycles. The van der Waals surface area contributed by atoms with E-state index >= 15 is 0 Å². The Labute approximate surface area is 373 Å². The minimum Gasteiger partial charge on any atom is -0.310 e. The van der Waals surface area contributed by atoms with Crippen LogP contribution in [0.2, 0.25) is 0 Å². The fraction of sp³-hybridized carbons (Fsp3) is 0.0545. The lowest BCUT2D eigenvalue weighted by molar-refractivity contribution is 0.821. The summed E-state index contributed by atoms with van der Waals surface area (Å²) in [7, 11) is 0. The number of nitrogens with zero attached hydrogens (tertiary/aromatic N) is 4. The second kappa shape index (κ2) is 12.5. The van der Waals surface area contributed by atoms with Crippen molar-refractivity contribution in [3.8, 4) is 33.6 Å². The van der Waals surface area contributed by atoms with E-state index in [4.69, 9.17) is 0 Å². The third kappa shape index (κ3) is 4.38. The Kier molecular flexibility index (Phi) is 6.89. The molecule has 63 heavy (non-hydrogen) atoms. The minimum atomic E-state index is 0.0758. The third-order valence-electron chi connectivity index (χ3n) is 14.4. The molecule has 8 heterocycles. The first-order chi connectivity index (χ1) is 31.1. The highest BCUT2D eigenvalue weighted by atomic mass is 32.2. The van der Waals surface area contributed by atoms with Gasteiger partial charge in [0.25, 0.3) is 0 Å². The molecule has 4 aliphatic rings. The molecule has 15 rings (SSSR count). The van der Waals surface area contributed by atoms with Gasteiger partial charge in [-0.1, -0.05) is 127 Å². The van der Waals surface area contributed by atoms with Crippen molar-refractivity contribution in [2.24, 2.45) is 0 Å². The van der Waals surface area contributed by atoms with Crippen molar-refractivity contribution in [1.82, 2.24) is 19.1 Å². The lowest BCUT2D eigenvalue weighted by Crippen LogP contribution is -2.63. The summed E-state index contributed by atoms with van der Waals surface area (Å²) in [6.45, 7) is 4.98. The highest BCUT2D eigenvalue weighted by molar-refractivity contribution is 8.01. The Hall–Kier alpha value is -6.73. The molecule has 0 N–H and O–H groups in total. The monoisotopic (exact) mass is 836 g/mol. The first-order valence-corrected chi connectivity index (χ1v) is 23.5. The van der Waals surface area contributed by atoms with E-state index in [2.05, 4.69) is 172 Å². The van der Waals surface area contributed by atoms with Crippen molar-refractivity contribution in [2.75, 3.05) is 0 Å². The maximum absolute atomic E-state index is 4.44. The molecule has 0 unspecified atom stereocenters. The summed E-state index contributed by atoms with van der Waals surface area (Å²) < 4.78 is 5.15. The van der Waals surface area contributed by atoms with Crippen molar-refractivity contribution < 1.29 is 0 Å². The molecule has 7 aromatic carbocycles. The van der Waals surface area contributed by atoms with Crippen LogP contribution in [0.25, 0.3) is 77.2 Å². The van der Waals surface area contributed by atoms with Crippen LogP contribution in [0.3, 0.4) is 0 Å². The molecule has 0 aliphatic carbocycles. The highest BCUT2D eigenvalue weighted by Gasteiger charge is 2.46. The summed E-state index contributed by atoms with van der Waals surface area (Å²) in [5, 5.41) is 5.23. The van der Waals surface area contributed by atoms with Gasteiger partial charge in [0.1, 0.15) is 0 Å². The average molecular weight is 837 g/mol. The highest BCUT2D eigenvalue weighted by Crippen LogP contribution is 2.50. The van der Waals surface area contributed by atoms with Crippen molar-refractivity contribution in [1.29, 1.82) is 0 Å². The number of benzene rings is 7. The molecule has 11 aromatic rings. The maximum atomic E-state index is 4.44. The van der Waals surface area contributed by atoms with Crippen LogP contribution in [-0.4, -0.2) is 32.5 Å². The van der Waals surface area contributed by atoms with Crippen molar-refractivity contribution in [3.63, 3.8) is 0 Å². The van der Waals surface area contributed by atoms with Crippen LogP contribution >= 0.6 is 23.5 Å². The zero-order valence-corrected chi connectivity index (χ0v) is 36.1. The SMILES string of the molecule is CC(C)c1c2c(cc3c1Sc1cc(-c4ccncc4)c4c5ccccc5n5c4c1B3c1ccccc1-5)B1c3ccccc3-n3c4ccccc4c4c(-c5ccncc5)cc(c1c43)S2. The van der Waals surface area contributed by atoms with Crippen LogP contribution in [0.15, 0.2) is 184 Å². The standard InChI is InChI=1S/C55H34B2N4S2/c1-30(2)47-54-39(56-37-13-5-9-17-43(37)60-41-15-7-3-11-33(41)48-35(31-19-23-58-24-20-31)27-45(62-54)50(56)52(48)60)29-40-55(47)63-46-28-36(32-21-25-59-26-22-32)49-34-12-4-8-16-42(34)61-44-18-10-6-14-38(44)57(40)51(46)53(49)61/h3-30H,1-2H3. The van der Waals surface area contributed by atoms with Crippen LogP contribution in [0.4, 0.5) is 0 Å². The van der Waals surface area contributed by atoms with E-state index < -0.39 is 0 Å². The molecule has 4 aromatic heterocycles. The Morgan fingerprint density at radius 1 is 0.476 bits per heavy atom. The second-order valence-corrected chi connectivity index (χ2v) is 19.9. The predicted octanol–water partition coefficient (Wildman–Crippen LogP) is 9.72. The van der Waals surface area contributed by atoms with Gasteiger partial charge in [0.2, 0.25) is 13.4 Å². The third-order valence-corrected chi connectivity index (χ3v) is 16.8. The molecule has 0 atom stereocenters. The molecule has 0 bridgehead atoms. The van der Waals surface area contributed by atoms with E-state index in [1.807, 2.05) is 48.3 Å². The largest absolute Gasteiger partial charge is 0.310 e. The normalized spacial score (nSPS) is 13.8. The van der Waals surface area contributed by atoms with Crippen LogP contribution < -0.4 is 32.8 Å². The maximum Gasteiger partial charge on any atom is 0.249 e. The lowest BCUT2D eigenvalue weighted by Gasteiger charge is -2.39. The smallest absolute Gasteiger partial charge is 0.249 e. The summed E-state index contributed by atoms with van der Waals surface area (Å²) in [6.07, 6.45) is 7.73. The number of aromatic nitrogens is 4. The first kappa shape index (κ1) is 34.8. The quantitative estimate of drug-likeness (QED) is 0.166. The van der Waals surface area contributed by atoms with E-state index in [9.17, 15) is 0 Å². The van der Waals surface area contributed by atoms with Crippen molar-refractivity contribution in [2.45, 2.75) is 39.3 Å². The molecule has 0 spiro atoms. The fourth-order valence-corrected chi connectivity index (χ4v) is 15.0. The summed E-state index contributed by atoms with van der Waals surface area (Å²) in [5.41, 5.74) is 22.6. The van der Waals surface area contributed by atoms with E-state index in [1.165, 1.54) is 135 Å². The Balaban J connectivity index is 1.08. The summed E-state index contributed by atoms with van der Waals surface area (Å²) in [6, 6.07) is 52.9. The Morgan fingerprint density at radius 2 is 0.905 bits per heavy atom. The molecule has 4 nitrogen and oxygen atoms in total. The molecule has 0 amide bonds. The number of rotatable bonds is 3. The molecular formula is C55H34B2N4S2. The van der Waals surface area contributed by atoms with E-state index in [1.54, 1.807) is 0 Å². The summed E-state index contributed by atoms with van der Waals surface area (Å²) >= 11 is 4.01. The van der Waals surface area contributed by atoms with Gasteiger partial charge in [0, 0.05) is 77.3 Å². The summed E-state index contributed by atoms with van der Waals surface area (Å²) in [5.74, 6) is 0.291.